The first kappa shape index (κ1) is 17.5. The summed E-state index contributed by atoms with van der Waals surface area (Å²) in [5.74, 6) is -0.244. The molecule has 0 spiro atoms. The summed E-state index contributed by atoms with van der Waals surface area (Å²) in [6, 6.07) is 20.9. The van der Waals surface area contributed by atoms with Crippen molar-refractivity contribution in [1.29, 1.82) is 0 Å². The van der Waals surface area contributed by atoms with E-state index in [0.29, 0.717) is 11.1 Å². The van der Waals surface area contributed by atoms with Gasteiger partial charge in [-0.3, -0.25) is 4.79 Å². The van der Waals surface area contributed by atoms with Gasteiger partial charge in [0.2, 0.25) is 0 Å². The molecular formula is C22H19NO3S. The molecule has 0 saturated carbocycles. The van der Waals surface area contributed by atoms with Crippen molar-refractivity contribution in [2.24, 2.45) is 0 Å². The van der Waals surface area contributed by atoms with Crippen LogP contribution in [0.4, 0.5) is 5.69 Å². The average molecular weight is 377 g/mol. The van der Waals surface area contributed by atoms with E-state index < -0.39 is 9.84 Å². The van der Waals surface area contributed by atoms with Gasteiger partial charge in [0.1, 0.15) is 0 Å². The molecule has 4 rings (SSSR count). The van der Waals surface area contributed by atoms with Gasteiger partial charge in [-0.25, -0.2) is 8.42 Å². The topological polar surface area (TPSA) is 63.2 Å². The second kappa shape index (κ2) is 6.67. The van der Waals surface area contributed by atoms with Crippen molar-refractivity contribution in [2.45, 2.75) is 12.2 Å². The van der Waals surface area contributed by atoms with E-state index in [0.717, 1.165) is 17.7 Å². The normalized spacial score (nSPS) is 12.3. The van der Waals surface area contributed by atoms with Gasteiger partial charge in [-0.15, -0.1) is 0 Å². The number of fused-ring (bicyclic) bond motifs is 3. The molecule has 0 fully saturated rings. The minimum Gasteiger partial charge on any atom is -0.322 e. The van der Waals surface area contributed by atoms with Gasteiger partial charge in [0.15, 0.2) is 9.84 Å². The van der Waals surface area contributed by atoms with Crippen LogP contribution in [0, 0.1) is 0 Å². The van der Waals surface area contributed by atoms with Crippen molar-refractivity contribution in [3.63, 3.8) is 0 Å². The predicted molar refractivity (Wildman–Crippen MR) is 108 cm³/mol. The third-order valence-corrected chi connectivity index (χ3v) is 5.56. The molecule has 1 aliphatic carbocycles. The Kier molecular flexibility index (Phi) is 4.32. The van der Waals surface area contributed by atoms with Crippen molar-refractivity contribution >= 4 is 21.4 Å². The fourth-order valence-electron chi connectivity index (χ4n) is 3.46. The highest BCUT2D eigenvalue weighted by molar-refractivity contribution is 7.89. The number of hydrogen-bond donors (Lipinski definition) is 1. The van der Waals surface area contributed by atoms with Crippen molar-refractivity contribution in [1.82, 2.24) is 0 Å². The lowest BCUT2D eigenvalue weighted by atomic mass is 10.1. The Morgan fingerprint density at radius 2 is 1.63 bits per heavy atom. The van der Waals surface area contributed by atoms with Gasteiger partial charge in [0, 0.05) is 17.5 Å². The molecule has 136 valence electrons. The van der Waals surface area contributed by atoms with Crippen LogP contribution in [-0.4, -0.2) is 20.6 Å². The summed E-state index contributed by atoms with van der Waals surface area (Å²) < 4.78 is 22.7. The van der Waals surface area contributed by atoms with Crippen LogP contribution in [0.3, 0.4) is 0 Å². The maximum Gasteiger partial charge on any atom is 0.255 e. The number of sulfone groups is 1. The van der Waals surface area contributed by atoms with Gasteiger partial charge in [0.05, 0.1) is 5.75 Å². The summed E-state index contributed by atoms with van der Waals surface area (Å²) in [6.07, 6.45) is 2.11. The highest BCUT2D eigenvalue weighted by atomic mass is 32.2. The monoisotopic (exact) mass is 377 g/mol. The van der Waals surface area contributed by atoms with Gasteiger partial charge in [-0.05, 0) is 58.5 Å². The number of hydrogen-bond acceptors (Lipinski definition) is 3. The number of nitrogens with one attached hydrogen (secondary N) is 1. The first-order valence-corrected chi connectivity index (χ1v) is 10.7. The summed E-state index contributed by atoms with van der Waals surface area (Å²) in [5.41, 5.74) is 6.85. The van der Waals surface area contributed by atoms with Crippen molar-refractivity contribution in [2.75, 3.05) is 11.6 Å². The fourth-order valence-corrected chi connectivity index (χ4v) is 4.26. The predicted octanol–water partition coefficient (Wildman–Crippen LogP) is 4.05. The molecular weight excluding hydrogens is 358 g/mol. The molecule has 1 N–H and O–H groups in total. The molecule has 0 bridgehead atoms. The first-order chi connectivity index (χ1) is 12.9. The standard InChI is InChI=1S/C22H19NO3S/c1-27(25,26)14-15-6-8-16(9-7-15)22(24)23-19-11-10-18-12-17-4-2-3-5-20(17)21(18)13-19/h2-11,13H,12,14H2,1H3,(H,23,24). The number of benzene rings is 3. The van der Waals surface area contributed by atoms with E-state index in [2.05, 4.69) is 23.5 Å². The molecule has 0 unspecified atom stereocenters. The van der Waals surface area contributed by atoms with Gasteiger partial charge in [-0.1, -0.05) is 42.5 Å². The van der Waals surface area contributed by atoms with Crippen LogP contribution in [0.2, 0.25) is 0 Å². The summed E-state index contributed by atoms with van der Waals surface area (Å²) in [6.45, 7) is 0. The minimum absolute atomic E-state index is 0.0286. The van der Waals surface area contributed by atoms with E-state index in [1.807, 2.05) is 24.3 Å². The van der Waals surface area contributed by atoms with E-state index >= 15 is 0 Å². The molecule has 1 aliphatic rings. The van der Waals surface area contributed by atoms with Crippen LogP contribution in [0.25, 0.3) is 11.1 Å². The van der Waals surface area contributed by atoms with Gasteiger partial charge < -0.3 is 5.32 Å². The summed E-state index contributed by atoms with van der Waals surface area (Å²) in [7, 11) is -3.09. The van der Waals surface area contributed by atoms with E-state index in [4.69, 9.17) is 0 Å². The lowest BCUT2D eigenvalue weighted by Crippen LogP contribution is -2.12. The van der Waals surface area contributed by atoms with Crippen LogP contribution in [0.5, 0.6) is 0 Å². The third kappa shape index (κ3) is 3.78. The fraction of sp³-hybridized carbons (Fsp3) is 0.136. The largest absolute Gasteiger partial charge is 0.322 e. The molecule has 0 atom stereocenters. The molecule has 0 aliphatic heterocycles. The van der Waals surface area contributed by atoms with E-state index in [1.54, 1.807) is 24.3 Å². The molecule has 1 amide bonds. The highest BCUT2D eigenvalue weighted by Crippen LogP contribution is 2.37. The lowest BCUT2D eigenvalue weighted by Gasteiger charge is -2.09. The Balaban J connectivity index is 1.53. The van der Waals surface area contributed by atoms with Gasteiger partial charge in [0.25, 0.3) is 5.91 Å². The zero-order chi connectivity index (χ0) is 19.0. The lowest BCUT2D eigenvalue weighted by molar-refractivity contribution is 0.102. The summed E-state index contributed by atoms with van der Waals surface area (Å²) >= 11 is 0. The first-order valence-electron chi connectivity index (χ1n) is 8.68. The van der Waals surface area contributed by atoms with E-state index in [-0.39, 0.29) is 11.7 Å². The van der Waals surface area contributed by atoms with Gasteiger partial charge >= 0.3 is 0 Å². The summed E-state index contributed by atoms with van der Waals surface area (Å²) in [4.78, 5) is 12.5. The maximum atomic E-state index is 12.5. The molecule has 0 radical (unpaired) electrons. The Bertz CT molecular complexity index is 1130. The second-order valence-corrected chi connectivity index (χ2v) is 9.07. The Labute approximate surface area is 158 Å². The van der Waals surface area contributed by atoms with E-state index in [9.17, 15) is 13.2 Å². The van der Waals surface area contributed by atoms with Gasteiger partial charge in [-0.2, -0.15) is 0 Å². The Morgan fingerprint density at radius 1 is 0.926 bits per heavy atom. The second-order valence-electron chi connectivity index (χ2n) is 6.93. The minimum atomic E-state index is -3.09. The summed E-state index contributed by atoms with van der Waals surface area (Å²) in [5, 5.41) is 2.93. The third-order valence-electron chi connectivity index (χ3n) is 4.70. The number of carbonyl (C=O) groups is 1. The molecule has 0 saturated heterocycles. The van der Waals surface area contributed by atoms with Crippen LogP contribution in [0.1, 0.15) is 27.0 Å². The van der Waals surface area contributed by atoms with Crippen LogP contribution in [-0.2, 0) is 22.0 Å². The van der Waals surface area contributed by atoms with Crippen molar-refractivity contribution in [3.05, 3.63) is 89.0 Å². The molecule has 0 aromatic heterocycles. The molecule has 27 heavy (non-hydrogen) atoms. The van der Waals surface area contributed by atoms with E-state index in [1.165, 1.54) is 22.9 Å². The highest BCUT2D eigenvalue weighted by Gasteiger charge is 2.18. The van der Waals surface area contributed by atoms with Crippen LogP contribution < -0.4 is 5.32 Å². The van der Waals surface area contributed by atoms with Crippen LogP contribution in [0.15, 0.2) is 66.7 Å². The molecule has 4 nitrogen and oxygen atoms in total. The van der Waals surface area contributed by atoms with Crippen molar-refractivity contribution in [3.8, 4) is 11.1 Å². The molecule has 0 heterocycles. The zero-order valence-corrected chi connectivity index (χ0v) is 15.7. The number of carbonyl (C=O) groups excluding carboxylic acids is 1. The number of rotatable bonds is 4. The Hall–Kier alpha value is -2.92. The van der Waals surface area contributed by atoms with Crippen LogP contribution >= 0.6 is 0 Å². The number of amides is 1. The smallest absolute Gasteiger partial charge is 0.255 e. The maximum absolute atomic E-state index is 12.5. The average Bonchev–Trinajstić information content (AvgIpc) is 2.99. The molecule has 3 aromatic rings. The van der Waals surface area contributed by atoms with Crippen molar-refractivity contribution < 1.29 is 13.2 Å². The molecule has 5 heteroatoms. The SMILES string of the molecule is CS(=O)(=O)Cc1ccc(C(=O)Nc2ccc3c(c2)-c2ccccc2C3)cc1. The number of anilines is 1. The Morgan fingerprint density at radius 3 is 2.37 bits per heavy atom. The molecule has 3 aromatic carbocycles. The quantitative estimate of drug-likeness (QED) is 0.583. The zero-order valence-electron chi connectivity index (χ0n) is 14.9.